The summed E-state index contributed by atoms with van der Waals surface area (Å²) >= 11 is 0. The standard InChI is InChI=1S/C18H16N6O2/c1-23(10-12-6-3-2-4-7-12)18(25)24-11-20-15-14(13-8-5-9-26-13)21-17(19)22-16(15)24/h2-9,11H,10H2,1H3,(H2,19,21,22). The van der Waals surface area contributed by atoms with Gasteiger partial charge in [0, 0.05) is 13.6 Å². The second kappa shape index (κ2) is 6.32. The fourth-order valence-electron chi connectivity index (χ4n) is 2.75. The number of amides is 1. The summed E-state index contributed by atoms with van der Waals surface area (Å²) in [6.07, 6.45) is 2.96. The molecule has 0 atom stereocenters. The van der Waals surface area contributed by atoms with Crippen LogP contribution in [0.4, 0.5) is 10.7 Å². The first-order valence-electron chi connectivity index (χ1n) is 7.97. The van der Waals surface area contributed by atoms with E-state index < -0.39 is 0 Å². The molecular formula is C18H16N6O2. The smallest absolute Gasteiger partial charge is 0.331 e. The van der Waals surface area contributed by atoms with Gasteiger partial charge < -0.3 is 15.1 Å². The van der Waals surface area contributed by atoms with Crippen molar-refractivity contribution in [2.24, 2.45) is 0 Å². The Morgan fingerprint density at radius 1 is 1.19 bits per heavy atom. The van der Waals surface area contributed by atoms with Gasteiger partial charge in [-0.1, -0.05) is 30.3 Å². The van der Waals surface area contributed by atoms with Gasteiger partial charge in [0.05, 0.1) is 6.26 Å². The highest BCUT2D eigenvalue weighted by atomic mass is 16.3. The molecule has 26 heavy (non-hydrogen) atoms. The number of benzene rings is 1. The second-order valence-electron chi connectivity index (χ2n) is 5.82. The highest BCUT2D eigenvalue weighted by Gasteiger charge is 2.20. The average molecular weight is 348 g/mol. The monoisotopic (exact) mass is 348 g/mol. The molecule has 0 aliphatic heterocycles. The van der Waals surface area contributed by atoms with Crippen molar-refractivity contribution in [2.45, 2.75) is 6.54 Å². The predicted molar refractivity (Wildman–Crippen MR) is 96.1 cm³/mol. The van der Waals surface area contributed by atoms with Gasteiger partial charge in [-0.05, 0) is 17.7 Å². The van der Waals surface area contributed by atoms with Crippen molar-refractivity contribution >= 4 is 23.1 Å². The largest absolute Gasteiger partial charge is 0.463 e. The van der Waals surface area contributed by atoms with Crippen molar-refractivity contribution in [3.05, 3.63) is 60.6 Å². The van der Waals surface area contributed by atoms with Crippen LogP contribution in [0, 0.1) is 0 Å². The molecular weight excluding hydrogens is 332 g/mol. The van der Waals surface area contributed by atoms with Crippen molar-refractivity contribution in [1.82, 2.24) is 24.4 Å². The summed E-state index contributed by atoms with van der Waals surface area (Å²) in [5.74, 6) is 0.559. The zero-order chi connectivity index (χ0) is 18.1. The molecule has 1 aromatic carbocycles. The molecule has 8 nitrogen and oxygen atoms in total. The quantitative estimate of drug-likeness (QED) is 0.610. The van der Waals surface area contributed by atoms with E-state index in [4.69, 9.17) is 10.2 Å². The maximum atomic E-state index is 12.9. The van der Waals surface area contributed by atoms with Crippen LogP contribution >= 0.6 is 0 Å². The normalized spacial score (nSPS) is 11.0. The molecule has 0 radical (unpaired) electrons. The molecule has 2 N–H and O–H groups in total. The van der Waals surface area contributed by atoms with E-state index in [1.165, 1.54) is 17.2 Å². The minimum Gasteiger partial charge on any atom is -0.463 e. The third-order valence-corrected chi connectivity index (χ3v) is 3.96. The molecule has 0 bridgehead atoms. The zero-order valence-corrected chi connectivity index (χ0v) is 14.0. The molecule has 0 spiro atoms. The number of nitrogens with zero attached hydrogens (tertiary/aromatic N) is 5. The predicted octanol–water partition coefficient (Wildman–Crippen LogP) is 2.77. The van der Waals surface area contributed by atoms with E-state index in [1.54, 1.807) is 24.1 Å². The Morgan fingerprint density at radius 2 is 2.00 bits per heavy atom. The van der Waals surface area contributed by atoms with Gasteiger partial charge in [-0.25, -0.2) is 19.3 Å². The first-order valence-corrected chi connectivity index (χ1v) is 7.97. The summed E-state index contributed by atoms with van der Waals surface area (Å²) in [6.45, 7) is 0.463. The number of anilines is 1. The summed E-state index contributed by atoms with van der Waals surface area (Å²) in [5.41, 5.74) is 8.10. The molecule has 3 aromatic heterocycles. The third-order valence-electron chi connectivity index (χ3n) is 3.96. The molecule has 4 aromatic rings. The highest BCUT2D eigenvalue weighted by molar-refractivity contribution is 5.93. The minimum atomic E-state index is -0.264. The summed E-state index contributed by atoms with van der Waals surface area (Å²) in [5, 5.41) is 0. The summed E-state index contributed by atoms with van der Waals surface area (Å²) < 4.78 is 6.75. The summed E-state index contributed by atoms with van der Waals surface area (Å²) in [4.78, 5) is 27.1. The van der Waals surface area contributed by atoms with Crippen LogP contribution in [-0.2, 0) is 6.54 Å². The van der Waals surface area contributed by atoms with Crippen molar-refractivity contribution in [3.8, 4) is 11.5 Å². The van der Waals surface area contributed by atoms with Crippen LogP contribution in [0.25, 0.3) is 22.6 Å². The van der Waals surface area contributed by atoms with E-state index in [0.29, 0.717) is 29.2 Å². The number of hydrogen-bond donors (Lipinski definition) is 1. The number of hydrogen-bond acceptors (Lipinski definition) is 6. The van der Waals surface area contributed by atoms with E-state index in [2.05, 4.69) is 15.0 Å². The average Bonchev–Trinajstić information content (AvgIpc) is 3.31. The molecule has 0 saturated heterocycles. The topological polar surface area (TPSA) is 103 Å². The Morgan fingerprint density at radius 3 is 2.73 bits per heavy atom. The third kappa shape index (κ3) is 2.77. The Kier molecular flexibility index (Phi) is 3.85. The number of carbonyl (C=O) groups is 1. The van der Waals surface area contributed by atoms with Crippen LogP contribution in [0.5, 0.6) is 0 Å². The van der Waals surface area contributed by atoms with Gasteiger partial charge in [0.2, 0.25) is 5.95 Å². The fourth-order valence-corrected chi connectivity index (χ4v) is 2.75. The van der Waals surface area contributed by atoms with Crippen LogP contribution in [0.3, 0.4) is 0 Å². The molecule has 8 heteroatoms. The van der Waals surface area contributed by atoms with Gasteiger partial charge in [-0.3, -0.25) is 0 Å². The fraction of sp³-hybridized carbons (Fsp3) is 0.111. The minimum absolute atomic E-state index is 0.0455. The lowest BCUT2D eigenvalue weighted by Crippen LogP contribution is -2.30. The van der Waals surface area contributed by atoms with E-state index in [1.807, 2.05) is 30.3 Å². The van der Waals surface area contributed by atoms with Crippen molar-refractivity contribution in [3.63, 3.8) is 0 Å². The van der Waals surface area contributed by atoms with Crippen molar-refractivity contribution < 1.29 is 9.21 Å². The molecule has 0 unspecified atom stereocenters. The lowest BCUT2D eigenvalue weighted by atomic mass is 10.2. The molecule has 3 heterocycles. The lowest BCUT2D eigenvalue weighted by molar-refractivity contribution is 0.209. The summed E-state index contributed by atoms with van der Waals surface area (Å²) in [7, 11) is 1.72. The lowest BCUT2D eigenvalue weighted by Gasteiger charge is -2.17. The second-order valence-corrected chi connectivity index (χ2v) is 5.82. The number of nitrogen functional groups attached to an aromatic ring is 1. The Hall–Kier alpha value is -3.68. The van der Waals surface area contributed by atoms with Crippen LogP contribution in [-0.4, -0.2) is 37.5 Å². The van der Waals surface area contributed by atoms with E-state index in [0.717, 1.165) is 5.56 Å². The molecule has 4 rings (SSSR count). The van der Waals surface area contributed by atoms with Crippen molar-refractivity contribution in [1.29, 1.82) is 0 Å². The van der Waals surface area contributed by atoms with Gasteiger partial charge in [0.25, 0.3) is 0 Å². The zero-order valence-electron chi connectivity index (χ0n) is 14.0. The van der Waals surface area contributed by atoms with Crippen LogP contribution in [0.1, 0.15) is 5.56 Å². The molecule has 130 valence electrons. The molecule has 0 saturated carbocycles. The number of nitrogens with two attached hydrogens (primary N) is 1. The van der Waals surface area contributed by atoms with Crippen molar-refractivity contribution in [2.75, 3.05) is 12.8 Å². The number of aromatic nitrogens is 4. The number of carbonyl (C=O) groups excluding carboxylic acids is 1. The van der Waals surface area contributed by atoms with Gasteiger partial charge in [-0.15, -0.1) is 0 Å². The van der Waals surface area contributed by atoms with Crippen LogP contribution in [0.2, 0.25) is 0 Å². The van der Waals surface area contributed by atoms with E-state index >= 15 is 0 Å². The Bertz CT molecular complexity index is 1060. The molecule has 1 amide bonds. The van der Waals surface area contributed by atoms with Gasteiger partial charge >= 0.3 is 6.03 Å². The van der Waals surface area contributed by atoms with Gasteiger partial charge in [0.15, 0.2) is 11.4 Å². The Balaban J connectivity index is 1.72. The number of furan rings is 1. The first-order chi connectivity index (χ1) is 12.6. The van der Waals surface area contributed by atoms with E-state index in [-0.39, 0.29) is 12.0 Å². The molecule has 0 fully saturated rings. The number of imidazole rings is 1. The van der Waals surface area contributed by atoms with Gasteiger partial charge in [-0.2, -0.15) is 4.98 Å². The number of rotatable bonds is 3. The maximum Gasteiger partial charge on any atom is 0.331 e. The summed E-state index contributed by atoms with van der Waals surface area (Å²) in [6, 6.07) is 13.0. The SMILES string of the molecule is CN(Cc1ccccc1)C(=O)n1cnc2c(-c3ccco3)nc(N)nc21. The van der Waals surface area contributed by atoms with Crippen LogP contribution in [0.15, 0.2) is 59.5 Å². The first kappa shape index (κ1) is 15.8. The van der Waals surface area contributed by atoms with E-state index in [9.17, 15) is 4.79 Å². The number of fused-ring (bicyclic) bond motifs is 1. The maximum absolute atomic E-state index is 12.9. The molecule has 0 aliphatic carbocycles. The molecule has 0 aliphatic rings. The van der Waals surface area contributed by atoms with Gasteiger partial charge in [0.1, 0.15) is 17.5 Å². The highest BCUT2D eigenvalue weighted by Crippen LogP contribution is 2.26. The van der Waals surface area contributed by atoms with Crippen LogP contribution < -0.4 is 5.73 Å². The Labute approximate surface area is 148 Å².